The molecule has 0 bridgehead atoms. The second kappa shape index (κ2) is 5.76. The number of aromatic nitrogens is 1. The van der Waals surface area contributed by atoms with Crippen molar-refractivity contribution >= 4 is 10.9 Å². The Hall–Kier alpha value is -1.32. The molecule has 19 heavy (non-hydrogen) atoms. The van der Waals surface area contributed by atoms with Gasteiger partial charge in [-0.1, -0.05) is 12.1 Å². The standard InChI is InChI=1S/C16H22N2O/c1-13-4-5-14-6-8-18(16(14)11-13)9-7-17-12-15-3-2-10-19-15/h4-6,8,11,15,17H,2-3,7,9-10,12H2,1H3. The molecule has 3 heteroatoms. The molecule has 1 aromatic heterocycles. The van der Waals surface area contributed by atoms with Gasteiger partial charge < -0.3 is 14.6 Å². The molecular formula is C16H22N2O. The lowest BCUT2D eigenvalue weighted by Gasteiger charge is -2.11. The Labute approximate surface area is 114 Å². The topological polar surface area (TPSA) is 26.2 Å². The normalized spacial score (nSPS) is 19.3. The first-order valence-corrected chi connectivity index (χ1v) is 7.21. The van der Waals surface area contributed by atoms with Gasteiger partial charge in [-0.25, -0.2) is 0 Å². The predicted molar refractivity (Wildman–Crippen MR) is 78.5 cm³/mol. The van der Waals surface area contributed by atoms with Gasteiger partial charge in [-0.15, -0.1) is 0 Å². The zero-order valence-electron chi connectivity index (χ0n) is 11.6. The van der Waals surface area contributed by atoms with Gasteiger partial charge >= 0.3 is 0 Å². The summed E-state index contributed by atoms with van der Waals surface area (Å²) in [5, 5.41) is 4.82. The van der Waals surface area contributed by atoms with E-state index in [1.165, 1.54) is 29.3 Å². The molecule has 1 N–H and O–H groups in total. The molecule has 0 spiro atoms. The van der Waals surface area contributed by atoms with E-state index < -0.39 is 0 Å². The van der Waals surface area contributed by atoms with Crippen LogP contribution in [0.25, 0.3) is 10.9 Å². The first-order chi connectivity index (χ1) is 9.33. The molecule has 1 aromatic carbocycles. The highest BCUT2D eigenvalue weighted by Gasteiger charge is 2.14. The molecule has 1 unspecified atom stereocenters. The molecule has 1 aliphatic heterocycles. The van der Waals surface area contributed by atoms with Crippen LogP contribution >= 0.6 is 0 Å². The van der Waals surface area contributed by atoms with Gasteiger partial charge in [0.1, 0.15) is 0 Å². The van der Waals surface area contributed by atoms with E-state index in [1.54, 1.807) is 0 Å². The summed E-state index contributed by atoms with van der Waals surface area (Å²) < 4.78 is 7.93. The summed E-state index contributed by atoms with van der Waals surface area (Å²) >= 11 is 0. The van der Waals surface area contributed by atoms with Crippen molar-refractivity contribution in [2.24, 2.45) is 0 Å². The number of fused-ring (bicyclic) bond motifs is 1. The molecule has 1 aliphatic rings. The van der Waals surface area contributed by atoms with E-state index in [1.807, 2.05) is 0 Å². The van der Waals surface area contributed by atoms with E-state index in [2.05, 4.69) is 47.3 Å². The van der Waals surface area contributed by atoms with Crippen LogP contribution < -0.4 is 5.32 Å². The van der Waals surface area contributed by atoms with Crippen LogP contribution in [0.15, 0.2) is 30.5 Å². The number of rotatable bonds is 5. The van der Waals surface area contributed by atoms with Gasteiger partial charge in [-0.05, 0) is 42.8 Å². The molecular weight excluding hydrogens is 236 g/mol. The molecule has 0 aliphatic carbocycles. The number of ether oxygens (including phenoxy) is 1. The van der Waals surface area contributed by atoms with Gasteiger partial charge in [0.05, 0.1) is 6.10 Å². The maximum Gasteiger partial charge on any atom is 0.0700 e. The Balaban J connectivity index is 1.54. The summed E-state index contributed by atoms with van der Waals surface area (Å²) in [4.78, 5) is 0. The van der Waals surface area contributed by atoms with Crippen molar-refractivity contribution < 1.29 is 4.74 Å². The quantitative estimate of drug-likeness (QED) is 0.835. The van der Waals surface area contributed by atoms with Crippen molar-refractivity contribution in [3.63, 3.8) is 0 Å². The van der Waals surface area contributed by atoms with E-state index in [9.17, 15) is 0 Å². The third-order valence-electron chi connectivity index (χ3n) is 3.85. The lowest BCUT2D eigenvalue weighted by Crippen LogP contribution is -2.28. The van der Waals surface area contributed by atoms with E-state index in [0.29, 0.717) is 6.10 Å². The number of hydrogen-bond acceptors (Lipinski definition) is 2. The minimum atomic E-state index is 0.434. The Morgan fingerprint density at radius 2 is 2.32 bits per heavy atom. The maximum absolute atomic E-state index is 5.61. The molecule has 3 nitrogen and oxygen atoms in total. The smallest absolute Gasteiger partial charge is 0.0700 e. The Bertz CT molecular complexity index is 541. The van der Waals surface area contributed by atoms with Gasteiger partial charge in [0.15, 0.2) is 0 Å². The third kappa shape index (κ3) is 2.99. The van der Waals surface area contributed by atoms with Crippen molar-refractivity contribution in [3.8, 4) is 0 Å². The first-order valence-electron chi connectivity index (χ1n) is 7.21. The summed E-state index contributed by atoms with van der Waals surface area (Å²) in [6.07, 6.45) is 5.04. The van der Waals surface area contributed by atoms with E-state index in [-0.39, 0.29) is 0 Å². The number of benzene rings is 1. The molecule has 102 valence electrons. The highest BCUT2D eigenvalue weighted by Crippen LogP contribution is 2.17. The van der Waals surface area contributed by atoms with Crippen LogP contribution in [-0.2, 0) is 11.3 Å². The van der Waals surface area contributed by atoms with Crippen LogP contribution in [0.1, 0.15) is 18.4 Å². The fourth-order valence-electron chi connectivity index (χ4n) is 2.76. The summed E-state index contributed by atoms with van der Waals surface area (Å²) in [6, 6.07) is 8.81. The van der Waals surface area contributed by atoms with Crippen molar-refractivity contribution in [2.45, 2.75) is 32.4 Å². The van der Waals surface area contributed by atoms with Crippen molar-refractivity contribution in [1.29, 1.82) is 0 Å². The Morgan fingerprint density at radius 1 is 1.37 bits per heavy atom. The van der Waals surface area contributed by atoms with Gasteiger partial charge in [0.25, 0.3) is 0 Å². The van der Waals surface area contributed by atoms with Crippen LogP contribution in [0.4, 0.5) is 0 Å². The first kappa shape index (κ1) is 12.7. The minimum Gasteiger partial charge on any atom is -0.377 e. The van der Waals surface area contributed by atoms with Crippen molar-refractivity contribution in [3.05, 3.63) is 36.0 Å². The fourth-order valence-corrected chi connectivity index (χ4v) is 2.76. The average molecular weight is 258 g/mol. The monoisotopic (exact) mass is 258 g/mol. The van der Waals surface area contributed by atoms with E-state index in [4.69, 9.17) is 4.74 Å². The second-order valence-electron chi connectivity index (χ2n) is 5.41. The SMILES string of the molecule is Cc1ccc2ccn(CCNCC3CCCO3)c2c1. The molecule has 0 amide bonds. The van der Waals surface area contributed by atoms with E-state index >= 15 is 0 Å². The Morgan fingerprint density at radius 3 is 3.16 bits per heavy atom. The third-order valence-corrected chi connectivity index (χ3v) is 3.85. The molecule has 2 aromatic rings. The van der Waals surface area contributed by atoms with Gasteiger partial charge in [0, 0.05) is 38.0 Å². The molecule has 0 saturated carbocycles. The molecule has 1 atom stereocenters. The summed E-state index contributed by atoms with van der Waals surface area (Å²) in [6.45, 7) is 6.08. The fraction of sp³-hybridized carbons (Fsp3) is 0.500. The van der Waals surface area contributed by atoms with Gasteiger partial charge in [-0.2, -0.15) is 0 Å². The zero-order chi connectivity index (χ0) is 13.1. The summed E-state index contributed by atoms with van der Waals surface area (Å²) in [5.41, 5.74) is 2.65. The largest absolute Gasteiger partial charge is 0.377 e. The predicted octanol–water partition coefficient (Wildman–Crippen LogP) is 2.72. The lowest BCUT2D eigenvalue weighted by molar-refractivity contribution is 0.110. The van der Waals surface area contributed by atoms with Crippen LogP contribution in [0, 0.1) is 6.92 Å². The van der Waals surface area contributed by atoms with Crippen molar-refractivity contribution in [2.75, 3.05) is 19.7 Å². The van der Waals surface area contributed by atoms with Gasteiger partial charge in [0.2, 0.25) is 0 Å². The Kier molecular flexibility index (Phi) is 3.85. The van der Waals surface area contributed by atoms with Crippen LogP contribution in [0.3, 0.4) is 0 Å². The molecule has 3 rings (SSSR count). The average Bonchev–Trinajstić information content (AvgIpc) is 3.04. The molecule has 1 fully saturated rings. The summed E-state index contributed by atoms with van der Waals surface area (Å²) in [5.74, 6) is 0. The van der Waals surface area contributed by atoms with E-state index in [0.717, 1.165) is 26.2 Å². The highest BCUT2D eigenvalue weighted by molar-refractivity contribution is 5.80. The van der Waals surface area contributed by atoms with Crippen LogP contribution in [0.2, 0.25) is 0 Å². The zero-order valence-corrected chi connectivity index (χ0v) is 11.6. The van der Waals surface area contributed by atoms with Crippen molar-refractivity contribution in [1.82, 2.24) is 9.88 Å². The number of aryl methyl sites for hydroxylation is 1. The minimum absolute atomic E-state index is 0.434. The van der Waals surface area contributed by atoms with Crippen LogP contribution in [-0.4, -0.2) is 30.4 Å². The molecule has 2 heterocycles. The summed E-state index contributed by atoms with van der Waals surface area (Å²) in [7, 11) is 0. The number of hydrogen-bond donors (Lipinski definition) is 1. The lowest BCUT2D eigenvalue weighted by atomic mass is 10.2. The van der Waals surface area contributed by atoms with Crippen LogP contribution in [0.5, 0.6) is 0 Å². The van der Waals surface area contributed by atoms with Gasteiger partial charge in [-0.3, -0.25) is 0 Å². The second-order valence-corrected chi connectivity index (χ2v) is 5.41. The number of nitrogens with one attached hydrogen (secondary N) is 1. The number of nitrogens with zero attached hydrogens (tertiary/aromatic N) is 1. The highest BCUT2D eigenvalue weighted by atomic mass is 16.5. The molecule has 1 saturated heterocycles. The maximum atomic E-state index is 5.61. The molecule has 0 radical (unpaired) electrons.